The summed E-state index contributed by atoms with van der Waals surface area (Å²) >= 11 is 0. The first-order chi connectivity index (χ1) is 12.1. The number of hydrogen-bond donors (Lipinski definition) is 0. The minimum Gasteiger partial charge on any atom is -0.497 e. The van der Waals surface area contributed by atoms with Gasteiger partial charge in [-0.2, -0.15) is 0 Å². The molecule has 0 aromatic heterocycles. The predicted molar refractivity (Wildman–Crippen MR) is 105 cm³/mol. The Balaban J connectivity index is 1.84. The monoisotopic (exact) mass is 337 g/mol. The third kappa shape index (κ3) is 4.43. The summed E-state index contributed by atoms with van der Waals surface area (Å²) < 4.78 is 5.32. The predicted octanol–water partition coefficient (Wildman–Crippen LogP) is 5.59. The summed E-state index contributed by atoms with van der Waals surface area (Å²) in [6.45, 7) is 7.18. The van der Waals surface area contributed by atoms with Crippen LogP contribution in [0.2, 0.25) is 0 Å². The van der Waals surface area contributed by atoms with Crippen LogP contribution < -0.4 is 4.74 Å². The molecule has 134 valence electrons. The van der Waals surface area contributed by atoms with Gasteiger partial charge in [-0.3, -0.25) is 4.90 Å². The Kier molecular flexibility index (Phi) is 5.80. The van der Waals surface area contributed by atoms with Gasteiger partial charge in [0, 0.05) is 6.04 Å². The molecule has 2 aromatic carbocycles. The second-order valence-electron chi connectivity index (χ2n) is 7.84. The highest BCUT2D eigenvalue weighted by Crippen LogP contribution is 2.38. The molecule has 1 aliphatic rings. The van der Waals surface area contributed by atoms with Gasteiger partial charge >= 0.3 is 0 Å². The lowest BCUT2D eigenvalue weighted by Crippen LogP contribution is -2.37. The molecule has 0 amide bonds. The Hall–Kier alpha value is -1.80. The third-order valence-electron chi connectivity index (χ3n) is 5.59. The Morgan fingerprint density at radius 3 is 2.16 bits per heavy atom. The van der Waals surface area contributed by atoms with Gasteiger partial charge in [-0.25, -0.2) is 0 Å². The van der Waals surface area contributed by atoms with Crippen molar-refractivity contribution in [2.24, 2.45) is 0 Å². The third-order valence-corrected chi connectivity index (χ3v) is 5.59. The van der Waals surface area contributed by atoms with Crippen molar-refractivity contribution in [3.05, 3.63) is 65.7 Å². The molecule has 2 nitrogen and oxygen atoms in total. The van der Waals surface area contributed by atoms with Gasteiger partial charge in [-0.15, -0.1) is 0 Å². The number of benzene rings is 2. The van der Waals surface area contributed by atoms with Crippen LogP contribution >= 0.6 is 0 Å². The summed E-state index contributed by atoms with van der Waals surface area (Å²) in [6.07, 6.45) is 5.15. The number of piperidine rings is 1. The van der Waals surface area contributed by atoms with E-state index in [1.54, 1.807) is 7.11 Å². The number of rotatable bonds is 6. The Morgan fingerprint density at radius 1 is 0.920 bits per heavy atom. The van der Waals surface area contributed by atoms with Gasteiger partial charge in [0.25, 0.3) is 0 Å². The van der Waals surface area contributed by atoms with Crippen molar-refractivity contribution < 1.29 is 4.74 Å². The fraction of sp³-hybridized carbons (Fsp3) is 0.478. The maximum Gasteiger partial charge on any atom is 0.118 e. The van der Waals surface area contributed by atoms with E-state index in [2.05, 4.69) is 73.3 Å². The lowest BCUT2D eigenvalue weighted by molar-refractivity contribution is 0.138. The fourth-order valence-electron chi connectivity index (χ4n) is 4.01. The van der Waals surface area contributed by atoms with Gasteiger partial charge in [-0.05, 0) is 61.0 Å². The van der Waals surface area contributed by atoms with Crippen LogP contribution in [0.1, 0.15) is 56.7 Å². The number of ether oxygens (including phenoxy) is 1. The number of methoxy groups -OCH3 is 1. The van der Waals surface area contributed by atoms with Crippen molar-refractivity contribution in [2.75, 3.05) is 20.2 Å². The molecular formula is C23H31NO. The molecule has 1 unspecified atom stereocenters. The number of nitrogens with zero attached hydrogens (tertiary/aromatic N) is 1. The van der Waals surface area contributed by atoms with Crippen LogP contribution in [0.15, 0.2) is 54.6 Å². The summed E-state index contributed by atoms with van der Waals surface area (Å²) in [4.78, 5) is 2.70. The molecule has 0 N–H and O–H groups in total. The summed E-state index contributed by atoms with van der Waals surface area (Å²) in [5.41, 5.74) is 2.95. The van der Waals surface area contributed by atoms with Gasteiger partial charge in [0.1, 0.15) is 5.75 Å². The first-order valence-corrected chi connectivity index (χ1v) is 9.54. The molecule has 0 bridgehead atoms. The molecule has 0 spiro atoms. The van der Waals surface area contributed by atoms with Crippen LogP contribution in [0, 0.1) is 0 Å². The highest BCUT2D eigenvalue weighted by atomic mass is 16.5. The fourth-order valence-corrected chi connectivity index (χ4v) is 4.01. The molecule has 2 heteroatoms. The molecule has 25 heavy (non-hydrogen) atoms. The quantitative estimate of drug-likeness (QED) is 0.681. The van der Waals surface area contributed by atoms with Crippen molar-refractivity contribution in [1.82, 2.24) is 4.90 Å². The Labute approximate surface area is 152 Å². The lowest BCUT2D eigenvalue weighted by atomic mass is 9.77. The van der Waals surface area contributed by atoms with E-state index in [4.69, 9.17) is 4.74 Å². The zero-order valence-electron chi connectivity index (χ0n) is 15.9. The topological polar surface area (TPSA) is 12.5 Å². The molecule has 2 aromatic rings. The molecule has 1 atom stereocenters. The molecule has 0 aliphatic carbocycles. The van der Waals surface area contributed by atoms with Gasteiger partial charge in [0.05, 0.1) is 7.11 Å². The smallest absolute Gasteiger partial charge is 0.118 e. The van der Waals surface area contributed by atoms with Gasteiger partial charge in [0.15, 0.2) is 0 Å². The zero-order valence-corrected chi connectivity index (χ0v) is 15.9. The van der Waals surface area contributed by atoms with Gasteiger partial charge < -0.3 is 4.74 Å². The summed E-state index contributed by atoms with van der Waals surface area (Å²) in [6, 6.07) is 20.1. The Bertz CT molecular complexity index is 642. The summed E-state index contributed by atoms with van der Waals surface area (Å²) in [5.74, 6) is 0.926. The van der Waals surface area contributed by atoms with E-state index in [0.717, 1.165) is 12.2 Å². The Morgan fingerprint density at radius 2 is 1.56 bits per heavy atom. The van der Waals surface area contributed by atoms with Crippen molar-refractivity contribution in [2.45, 2.75) is 51.0 Å². The van der Waals surface area contributed by atoms with E-state index in [9.17, 15) is 0 Å². The van der Waals surface area contributed by atoms with Crippen LogP contribution in [0.5, 0.6) is 5.75 Å². The van der Waals surface area contributed by atoms with E-state index < -0.39 is 0 Å². The van der Waals surface area contributed by atoms with Crippen LogP contribution in [-0.4, -0.2) is 25.1 Å². The maximum atomic E-state index is 5.32. The molecule has 1 fully saturated rings. The normalized spacial score (nSPS) is 17.2. The first-order valence-electron chi connectivity index (χ1n) is 9.54. The van der Waals surface area contributed by atoms with Crippen LogP contribution in [0.25, 0.3) is 0 Å². The summed E-state index contributed by atoms with van der Waals surface area (Å²) in [5, 5.41) is 0. The van der Waals surface area contributed by atoms with E-state index in [0.29, 0.717) is 6.04 Å². The van der Waals surface area contributed by atoms with Crippen molar-refractivity contribution in [3.8, 4) is 5.75 Å². The molecule has 1 saturated heterocycles. The lowest BCUT2D eigenvalue weighted by Gasteiger charge is -2.39. The number of hydrogen-bond acceptors (Lipinski definition) is 2. The van der Waals surface area contributed by atoms with Gasteiger partial charge in [0.2, 0.25) is 0 Å². The molecule has 1 aliphatic heterocycles. The van der Waals surface area contributed by atoms with E-state index in [1.165, 1.54) is 43.5 Å². The highest BCUT2D eigenvalue weighted by molar-refractivity contribution is 5.32. The van der Waals surface area contributed by atoms with E-state index in [-0.39, 0.29) is 5.41 Å². The minimum atomic E-state index is 0.115. The minimum absolute atomic E-state index is 0.115. The van der Waals surface area contributed by atoms with E-state index >= 15 is 0 Å². The van der Waals surface area contributed by atoms with Crippen LogP contribution in [-0.2, 0) is 5.41 Å². The maximum absolute atomic E-state index is 5.32. The SMILES string of the molecule is COc1ccc(C(C)(C)CC(c2ccccc2)N2CCCCC2)cc1. The number of likely N-dealkylation sites (tertiary alicyclic amines) is 1. The highest BCUT2D eigenvalue weighted by Gasteiger charge is 2.30. The molecule has 0 saturated carbocycles. The van der Waals surface area contributed by atoms with Crippen molar-refractivity contribution in [1.29, 1.82) is 0 Å². The first kappa shape index (κ1) is 18.0. The van der Waals surface area contributed by atoms with Crippen molar-refractivity contribution in [3.63, 3.8) is 0 Å². The molecular weight excluding hydrogens is 306 g/mol. The molecule has 3 rings (SSSR count). The zero-order chi connectivity index (χ0) is 17.7. The summed E-state index contributed by atoms with van der Waals surface area (Å²) in [7, 11) is 1.72. The second kappa shape index (κ2) is 8.05. The second-order valence-corrected chi connectivity index (χ2v) is 7.84. The molecule has 0 radical (unpaired) electrons. The largest absolute Gasteiger partial charge is 0.497 e. The van der Waals surface area contributed by atoms with Crippen LogP contribution in [0.4, 0.5) is 0 Å². The van der Waals surface area contributed by atoms with Crippen LogP contribution in [0.3, 0.4) is 0 Å². The average molecular weight is 338 g/mol. The van der Waals surface area contributed by atoms with Crippen molar-refractivity contribution >= 4 is 0 Å². The standard InChI is InChI=1S/C23H31NO/c1-23(2,20-12-14-21(25-3)15-13-20)18-22(19-10-6-4-7-11-19)24-16-8-5-9-17-24/h4,6-7,10-15,22H,5,8-9,16-18H2,1-3H3. The van der Waals surface area contributed by atoms with Gasteiger partial charge in [-0.1, -0.05) is 62.7 Å². The molecule has 1 heterocycles. The van der Waals surface area contributed by atoms with E-state index in [1.807, 2.05) is 0 Å². The average Bonchev–Trinajstić information content (AvgIpc) is 2.67.